The van der Waals surface area contributed by atoms with Gasteiger partial charge in [-0.25, -0.2) is 9.59 Å². The molecule has 2 aliphatic rings. The van der Waals surface area contributed by atoms with Gasteiger partial charge in [0.25, 0.3) is 0 Å². The number of carboxylic acid groups (broad SMARTS) is 2. The number of benzene rings is 1. The summed E-state index contributed by atoms with van der Waals surface area (Å²) in [7, 11) is 1.81. The van der Waals surface area contributed by atoms with Crippen LogP contribution in [0.1, 0.15) is 67.5 Å². The Morgan fingerprint density at radius 1 is 1.08 bits per heavy atom. The normalized spacial score (nSPS) is 23.3. The minimum Gasteiger partial charge on any atom is -0.477 e. The first kappa shape index (κ1) is 27.5. The van der Waals surface area contributed by atoms with Crippen molar-refractivity contribution in [3.8, 4) is 0 Å². The molecule has 11 heteroatoms. The van der Waals surface area contributed by atoms with Crippen molar-refractivity contribution in [1.29, 1.82) is 0 Å². The van der Waals surface area contributed by atoms with Crippen LogP contribution in [0.2, 0.25) is 0 Å². The first-order valence-electron chi connectivity index (χ1n) is 12.1. The molecule has 198 valence electrons. The van der Waals surface area contributed by atoms with Crippen LogP contribution >= 0.6 is 0 Å². The molecule has 2 heterocycles. The van der Waals surface area contributed by atoms with E-state index in [1.807, 2.05) is 38.2 Å². The quantitative estimate of drug-likeness (QED) is 0.549. The number of aliphatic carboxylic acids is 1. The largest absolute Gasteiger partial charge is 0.490 e. The van der Waals surface area contributed by atoms with Gasteiger partial charge in [-0.2, -0.15) is 13.2 Å². The maximum absolute atomic E-state index is 12.5. The highest BCUT2D eigenvalue weighted by Crippen LogP contribution is 2.49. The third-order valence-electron chi connectivity index (χ3n) is 7.49. The number of nitrogens with zero attached hydrogens (tertiary/aromatic N) is 2. The van der Waals surface area contributed by atoms with Gasteiger partial charge in [0.1, 0.15) is 5.69 Å². The van der Waals surface area contributed by atoms with Gasteiger partial charge in [-0.05, 0) is 30.9 Å². The first-order chi connectivity index (χ1) is 16.9. The molecule has 2 fully saturated rings. The van der Waals surface area contributed by atoms with E-state index in [-0.39, 0.29) is 23.9 Å². The fourth-order valence-electron chi connectivity index (χ4n) is 6.07. The van der Waals surface area contributed by atoms with Crippen molar-refractivity contribution >= 4 is 28.7 Å². The van der Waals surface area contributed by atoms with E-state index >= 15 is 0 Å². The van der Waals surface area contributed by atoms with E-state index in [0.29, 0.717) is 18.2 Å². The molecule has 4 rings (SSSR count). The van der Waals surface area contributed by atoms with Crippen molar-refractivity contribution in [2.75, 3.05) is 6.54 Å². The lowest BCUT2D eigenvalue weighted by Crippen LogP contribution is -2.46. The van der Waals surface area contributed by atoms with Crippen molar-refractivity contribution in [2.24, 2.45) is 24.6 Å². The highest BCUT2D eigenvalue weighted by atomic mass is 19.4. The van der Waals surface area contributed by atoms with Gasteiger partial charge in [0.15, 0.2) is 0 Å². The summed E-state index contributed by atoms with van der Waals surface area (Å²) in [6.07, 6.45) is 1.66. The number of rotatable bonds is 5. The number of aryl methyl sites for hydroxylation is 1. The number of halogens is 3. The van der Waals surface area contributed by atoms with Gasteiger partial charge in [0, 0.05) is 29.6 Å². The summed E-state index contributed by atoms with van der Waals surface area (Å²) >= 11 is 0. The van der Waals surface area contributed by atoms with Gasteiger partial charge >= 0.3 is 18.1 Å². The fraction of sp³-hybridized carbons (Fsp3) is 0.560. The Morgan fingerprint density at radius 2 is 1.67 bits per heavy atom. The molecule has 1 aromatic heterocycles. The number of carboxylic acids is 2. The van der Waals surface area contributed by atoms with Crippen LogP contribution in [-0.4, -0.2) is 56.3 Å². The second kappa shape index (κ2) is 10.9. The van der Waals surface area contributed by atoms with Gasteiger partial charge in [0.2, 0.25) is 5.91 Å². The SMILES string of the molecule is CCN1C(c2c(C(=O)O)n(C)c3ccccc23)C[C@@H](C2CCCCC2)[C@H]1C(N)=O.O=C(O)C(F)(F)F. The van der Waals surface area contributed by atoms with Gasteiger partial charge in [0.05, 0.1) is 6.04 Å². The molecule has 4 N–H and O–H groups in total. The fourth-order valence-corrected chi connectivity index (χ4v) is 6.07. The summed E-state index contributed by atoms with van der Waals surface area (Å²) in [5.41, 5.74) is 7.98. The number of carbonyl (C=O) groups is 3. The van der Waals surface area contributed by atoms with Crippen LogP contribution < -0.4 is 5.73 Å². The number of aromatic nitrogens is 1. The number of primary amides is 1. The summed E-state index contributed by atoms with van der Waals surface area (Å²) in [6, 6.07) is 7.41. The molecule has 1 unspecified atom stereocenters. The Labute approximate surface area is 206 Å². The molecule has 36 heavy (non-hydrogen) atoms. The Balaban J connectivity index is 0.000000454. The van der Waals surface area contributed by atoms with Gasteiger partial charge < -0.3 is 20.5 Å². The molecule has 1 saturated carbocycles. The predicted molar refractivity (Wildman–Crippen MR) is 126 cm³/mol. The van der Waals surface area contributed by atoms with E-state index in [9.17, 15) is 27.9 Å². The highest BCUT2D eigenvalue weighted by Gasteiger charge is 2.48. The van der Waals surface area contributed by atoms with E-state index in [1.54, 1.807) is 4.57 Å². The molecule has 1 aliphatic heterocycles. The minimum absolute atomic E-state index is 0.110. The minimum atomic E-state index is -5.08. The number of hydrogen-bond acceptors (Lipinski definition) is 4. The van der Waals surface area contributed by atoms with Crippen LogP contribution in [0.4, 0.5) is 13.2 Å². The molecule has 3 atom stereocenters. The average molecular weight is 512 g/mol. The maximum Gasteiger partial charge on any atom is 0.490 e. The van der Waals surface area contributed by atoms with Crippen molar-refractivity contribution in [1.82, 2.24) is 9.47 Å². The van der Waals surface area contributed by atoms with Gasteiger partial charge in [-0.1, -0.05) is 57.2 Å². The Morgan fingerprint density at radius 3 is 2.17 bits per heavy atom. The van der Waals surface area contributed by atoms with E-state index in [1.165, 1.54) is 19.3 Å². The Kier molecular flexibility index (Phi) is 8.33. The third kappa shape index (κ3) is 5.35. The number of fused-ring (bicyclic) bond motifs is 1. The highest BCUT2D eigenvalue weighted by molar-refractivity contribution is 5.98. The number of likely N-dealkylation sites (tertiary alicyclic amines) is 1. The number of hydrogen-bond donors (Lipinski definition) is 3. The van der Waals surface area contributed by atoms with Crippen LogP contribution in [0, 0.1) is 11.8 Å². The number of carbonyl (C=O) groups excluding carboxylic acids is 1. The van der Waals surface area contributed by atoms with Crippen LogP contribution in [-0.2, 0) is 16.6 Å². The lowest BCUT2D eigenvalue weighted by molar-refractivity contribution is -0.192. The monoisotopic (exact) mass is 511 g/mol. The molecule has 1 aliphatic carbocycles. The molecular weight excluding hydrogens is 479 g/mol. The molecule has 1 amide bonds. The molecule has 0 bridgehead atoms. The zero-order valence-electron chi connectivity index (χ0n) is 20.3. The smallest absolute Gasteiger partial charge is 0.477 e. The van der Waals surface area contributed by atoms with E-state index in [4.69, 9.17) is 15.6 Å². The van der Waals surface area contributed by atoms with Crippen LogP contribution in [0.15, 0.2) is 24.3 Å². The van der Waals surface area contributed by atoms with Crippen molar-refractivity contribution in [2.45, 2.75) is 63.7 Å². The van der Waals surface area contributed by atoms with Crippen LogP contribution in [0.5, 0.6) is 0 Å². The first-order valence-corrected chi connectivity index (χ1v) is 12.1. The number of nitrogens with two attached hydrogens (primary N) is 1. The molecule has 1 saturated heterocycles. The molecular formula is C25H32F3N3O5. The summed E-state index contributed by atoms with van der Waals surface area (Å²) in [4.78, 5) is 35.8. The zero-order valence-corrected chi connectivity index (χ0v) is 20.3. The summed E-state index contributed by atoms with van der Waals surface area (Å²) < 4.78 is 33.5. The van der Waals surface area contributed by atoms with E-state index < -0.39 is 18.1 Å². The summed E-state index contributed by atoms with van der Waals surface area (Å²) in [5, 5.41) is 18.1. The number of aromatic carboxylic acids is 1. The molecule has 1 aromatic carbocycles. The van der Waals surface area contributed by atoms with Gasteiger partial charge in [-0.15, -0.1) is 0 Å². The average Bonchev–Trinajstić information content (AvgIpc) is 3.35. The lowest BCUT2D eigenvalue weighted by Gasteiger charge is -2.32. The zero-order chi connectivity index (χ0) is 26.8. The summed E-state index contributed by atoms with van der Waals surface area (Å²) in [6.45, 7) is 2.71. The number of amides is 1. The molecule has 2 aromatic rings. The second-order valence-corrected chi connectivity index (χ2v) is 9.44. The topological polar surface area (TPSA) is 126 Å². The molecule has 0 spiro atoms. The Hall–Kier alpha value is -3.08. The van der Waals surface area contributed by atoms with E-state index in [0.717, 1.165) is 35.7 Å². The van der Waals surface area contributed by atoms with Crippen molar-refractivity contribution in [3.63, 3.8) is 0 Å². The molecule has 0 radical (unpaired) electrons. The second-order valence-electron chi connectivity index (χ2n) is 9.44. The number of para-hydroxylation sites is 1. The lowest BCUT2D eigenvalue weighted by atomic mass is 9.75. The van der Waals surface area contributed by atoms with Crippen molar-refractivity contribution in [3.05, 3.63) is 35.5 Å². The van der Waals surface area contributed by atoms with Crippen LogP contribution in [0.3, 0.4) is 0 Å². The summed E-state index contributed by atoms with van der Waals surface area (Å²) in [5.74, 6) is -3.28. The van der Waals surface area contributed by atoms with Gasteiger partial charge in [-0.3, -0.25) is 9.69 Å². The predicted octanol–water partition coefficient (Wildman–Crippen LogP) is 4.33. The van der Waals surface area contributed by atoms with Crippen LogP contribution in [0.25, 0.3) is 10.9 Å². The van der Waals surface area contributed by atoms with E-state index in [2.05, 4.69) is 4.90 Å². The standard InChI is InChI=1S/C23H31N3O3.C2HF3O2/c1-3-26-18(13-16(20(26)22(24)27)14-9-5-4-6-10-14)19-15-11-7-8-12-17(15)25(2)21(19)23(28)29;3-2(4,5)1(6)7/h7-8,11-12,14,16,18,20H,3-6,9-10,13H2,1-2H3,(H2,24,27)(H,28,29);(H,6,7)/t16-,18?,20-;/m0./s1. The third-order valence-corrected chi connectivity index (χ3v) is 7.49. The maximum atomic E-state index is 12.5. The molecule has 8 nitrogen and oxygen atoms in total. The Bertz CT molecular complexity index is 1120. The number of likely N-dealkylation sites (N-methyl/N-ethyl adjacent to an activating group) is 1. The number of alkyl halides is 3. The van der Waals surface area contributed by atoms with Crippen molar-refractivity contribution < 1.29 is 37.8 Å².